The summed E-state index contributed by atoms with van der Waals surface area (Å²) in [5, 5.41) is 8.79. The zero-order valence-corrected chi connectivity index (χ0v) is 10.9. The Hall–Kier alpha value is -1.87. The minimum absolute atomic E-state index is 0.187. The maximum Gasteiger partial charge on any atom is 0.172 e. The van der Waals surface area contributed by atoms with Gasteiger partial charge >= 0.3 is 0 Å². The van der Waals surface area contributed by atoms with E-state index in [2.05, 4.69) is 0 Å². The fraction of sp³-hybridized carbons (Fsp3) is 0.250. The maximum atomic E-state index is 14.1. The van der Waals surface area contributed by atoms with Gasteiger partial charge in [-0.15, -0.1) is 0 Å². The number of methoxy groups -OCH3 is 1. The van der Waals surface area contributed by atoms with Gasteiger partial charge in [-0.2, -0.15) is 0 Å². The summed E-state index contributed by atoms with van der Waals surface area (Å²) in [7, 11) is 1.46. The SMILES string of the molecule is COc1cccc(-c2ccc(CCCO)cc2)c1F. The highest BCUT2D eigenvalue weighted by Gasteiger charge is 2.09. The van der Waals surface area contributed by atoms with Crippen molar-refractivity contribution < 1.29 is 14.2 Å². The number of hydrogen-bond donors (Lipinski definition) is 1. The normalized spacial score (nSPS) is 10.5. The van der Waals surface area contributed by atoms with Crippen LogP contribution in [-0.4, -0.2) is 18.8 Å². The lowest BCUT2D eigenvalue weighted by atomic mass is 10.0. The molecule has 1 N–H and O–H groups in total. The van der Waals surface area contributed by atoms with Crippen molar-refractivity contribution in [3.05, 3.63) is 53.8 Å². The van der Waals surface area contributed by atoms with Crippen molar-refractivity contribution in [3.63, 3.8) is 0 Å². The molecule has 0 radical (unpaired) electrons. The Labute approximate surface area is 112 Å². The van der Waals surface area contributed by atoms with E-state index in [-0.39, 0.29) is 18.2 Å². The standard InChI is InChI=1S/C16H17FO2/c1-19-15-6-2-5-14(16(15)17)13-9-7-12(8-10-13)4-3-11-18/h2,5-10,18H,3-4,11H2,1H3. The van der Waals surface area contributed by atoms with E-state index >= 15 is 0 Å². The van der Waals surface area contributed by atoms with Gasteiger partial charge in [0.05, 0.1) is 7.11 Å². The second-order valence-corrected chi connectivity index (χ2v) is 4.35. The Kier molecular flexibility index (Phi) is 4.53. The van der Waals surface area contributed by atoms with Crippen molar-refractivity contribution >= 4 is 0 Å². The lowest BCUT2D eigenvalue weighted by Crippen LogP contribution is -1.92. The predicted molar refractivity (Wildman–Crippen MR) is 73.8 cm³/mol. The lowest BCUT2D eigenvalue weighted by molar-refractivity contribution is 0.288. The van der Waals surface area contributed by atoms with Crippen molar-refractivity contribution in [3.8, 4) is 16.9 Å². The van der Waals surface area contributed by atoms with E-state index in [9.17, 15) is 4.39 Å². The number of aryl methyl sites for hydroxylation is 1. The van der Waals surface area contributed by atoms with Gasteiger partial charge in [-0.3, -0.25) is 0 Å². The summed E-state index contributed by atoms with van der Waals surface area (Å²) in [5.74, 6) is -0.0880. The van der Waals surface area contributed by atoms with E-state index in [0.717, 1.165) is 24.0 Å². The number of aliphatic hydroxyl groups is 1. The van der Waals surface area contributed by atoms with Crippen LogP contribution in [0.15, 0.2) is 42.5 Å². The summed E-state index contributed by atoms with van der Waals surface area (Å²) < 4.78 is 19.1. The van der Waals surface area contributed by atoms with E-state index in [1.807, 2.05) is 24.3 Å². The van der Waals surface area contributed by atoms with Gasteiger partial charge in [-0.25, -0.2) is 4.39 Å². The number of ether oxygens (including phenoxy) is 1. The Balaban J connectivity index is 2.27. The van der Waals surface area contributed by atoms with E-state index in [1.54, 1.807) is 18.2 Å². The van der Waals surface area contributed by atoms with Crippen molar-refractivity contribution in [2.45, 2.75) is 12.8 Å². The third-order valence-corrected chi connectivity index (χ3v) is 3.07. The molecular formula is C16H17FO2. The third kappa shape index (κ3) is 3.12. The molecule has 2 nitrogen and oxygen atoms in total. The average Bonchev–Trinajstić information content (AvgIpc) is 2.46. The Morgan fingerprint density at radius 1 is 1.11 bits per heavy atom. The molecule has 0 saturated carbocycles. The molecule has 0 amide bonds. The van der Waals surface area contributed by atoms with Crippen LogP contribution in [0.4, 0.5) is 4.39 Å². The molecular weight excluding hydrogens is 243 g/mol. The second kappa shape index (κ2) is 6.34. The highest BCUT2D eigenvalue weighted by molar-refractivity contribution is 5.66. The molecule has 0 saturated heterocycles. The summed E-state index contributed by atoms with van der Waals surface area (Å²) in [6.45, 7) is 0.187. The van der Waals surface area contributed by atoms with Crippen LogP contribution in [0.25, 0.3) is 11.1 Å². The molecule has 3 heteroatoms. The minimum atomic E-state index is -0.340. The van der Waals surface area contributed by atoms with Crippen LogP contribution in [0.3, 0.4) is 0 Å². The molecule has 2 aromatic carbocycles. The first-order chi connectivity index (χ1) is 9.26. The first-order valence-electron chi connectivity index (χ1n) is 6.29. The lowest BCUT2D eigenvalue weighted by Gasteiger charge is -2.08. The molecule has 0 fully saturated rings. The van der Waals surface area contributed by atoms with Crippen LogP contribution >= 0.6 is 0 Å². The molecule has 0 aliphatic carbocycles. The second-order valence-electron chi connectivity index (χ2n) is 4.35. The van der Waals surface area contributed by atoms with E-state index in [0.29, 0.717) is 5.56 Å². The van der Waals surface area contributed by atoms with Gasteiger partial charge in [0.2, 0.25) is 0 Å². The zero-order chi connectivity index (χ0) is 13.7. The van der Waals surface area contributed by atoms with Crippen molar-refractivity contribution in [2.75, 3.05) is 13.7 Å². The maximum absolute atomic E-state index is 14.1. The fourth-order valence-electron chi connectivity index (χ4n) is 2.03. The molecule has 0 aliphatic heterocycles. The topological polar surface area (TPSA) is 29.5 Å². The van der Waals surface area contributed by atoms with Gasteiger partial charge in [0, 0.05) is 12.2 Å². The highest BCUT2D eigenvalue weighted by Crippen LogP contribution is 2.29. The molecule has 0 atom stereocenters. The predicted octanol–water partition coefficient (Wildman–Crippen LogP) is 3.43. The van der Waals surface area contributed by atoms with Crippen LogP contribution in [-0.2, 0) is 6.42 Å². The molecule has 19 heavy (non-hydrogen) atoms. The molecule has 0 spiro atoms. The average molecular weight is 260 g/mol. The summed E-state index contributed by atoms with van der Waals surface area (Å²) in [6.07, 6.45) is 1.57. The molecule has 0 bridgehead atoms. The minimum Gasteiger partial charge on any atom is -0.494 e. The van der Waals surface area contributed by atoms with Crippen LogP contribution in [0.5, 0.6) is 5.75 Å². The fourth-order valence-corrected chi connectivity index (χ4v) is 2.03. The molecule has 2 aromatic rings. The van der Waals surface area contributed by atoms with Crippen molar-refractivity contribution in [2.24, 2.45) is 0 Å². The Morgan fingerprint density at radius 3 is 2.47 bits per heavy atom. The van der Waals surface area contributed by atoms with Crippen LogP contribution in [0.2, 0.25) is 0 Å². The molecule has 0 heterocycles. The van der Waals surface area contributed by atoms with E-state index in [4.69, 9.17) is 9.84 Å². The number of hydrogen-bond acceptors (Lipinski definition) is 2. The van der Waals surface area contributed by atoms with Crippen LogP contribution in [0.1, 0.15) is 12.0 Å². The van der Waals surface area contributed by atoms with Crippen LogP contribution < -0.4 is 4.74 Å². The largest absolute Gasteiger partial charge is 0.494 e. The summed E-state index contributed by atoms with van der Waals surface area (Å²) in [4.78, 5) is 0. The Bertz CT molecular complexity index is 535. The first kappa shape index (κ1) is 13.6. The van der Waals surface area contributed by atoms with Gasteiger partial charge in [-0.05, 0) is 30.0 Å². The van der Waals surface area contributed by atoms with Gasteiger partial charge in [0.15, 0.2) is 11.6 Å². The number of aliphatic hydroxyl groups excluding tert-OH is 1. The van der Waals surface area contributed by atoms with E-state index in [1.165, 1.54) is 7.11 Å². The van der Waals surface area contributed by atoms with Gasteiger partial charge in [0.1, 0.15) is 0 Å². The molecule has 0 aliphatic rings. The van der Waals surface area contributed by atoms with Gasteiger partial charge in [0.25, 0.3) is 0 Å². The summed E-state index contributed by atoms with van der Waals surface area (Å²) >= 11 is 0. The Morgan fingerprint density at radius 2 is 1.84 bits per heavy atom. The molecule has 2 rings (SSSR count). The number of benzene rings is 2. The quantitative estimate of drug-likeness (QED) is 0.892. The molecule has 0 aromatic heterocycles. The van der Waals surface area contributed by atoms with Gasteiger partial charge in [-0.1, -0.05) is 36.4 Å². The van der Waals surface area contributed by atoms with Crippen LogP contribution in [0, 0.1) is 5.82 Å². The number of halogens is 1. The monoisotopic (exact) mass is 260 g/mol. The van der Waals surface area contributed by atoms with E-state index < -0.39 is 0 Å². The zero-order valence-electron chi connectivity index (χ0n) is 10.9. The van der Waals surface area contributed by atoms with Crippen molar-refractivity contribution in [1.82, 2.24) is 0 Å². The number of rotatable bonds is 5. The smallest absolute Gasteiger partial charge is 0.172 e. The van der Waals surface area contributed by atoms with Crippen molar-refractivity contribution in [1.29, 1.82) is 0 Å². The third-order valence-electron chi connectivity index (χ3n) is 3.07. The summed E-state index contributed by atoms with van der Waals surface area (Å²) in [6, 6.07) is 12.8. The molecule has 100 valence electrons. The van der Waals surface area contributed by atoms with Gasteiger partial charge < -0.3 is 9.84 Å². The summed E-state index contributed by atoms with van der Waals surface area (Å²) in [5.41, 5.74) is 2.50. The molecule has 0 unspecified atom stereocenters. The first-order valence-corrected chi connectivity index (χ1v) is 6.29. The highest BCUT2D eigenvalue weighted by atomic mass is 19.1.